The van der Waals surface area contributed by atoms with Crippen molar-refractivity contribution in [3.63, 3.8) is 0 Å². The van der Waals surface area contributed by atoms with Crippen molar-refractivity contribution in [3.8, 4) is 0 Å². The van der Waals surface area contributed by atoms with Gasteiger partial charge < -0.3 is 4.74 Å². The second kappa shape index (κ2) is 12.8. The standard InChI is InChI=1S/C18H30O2S/c1-15(2)8-6-9-16(3)10-7-11-17(4)12-13-21-14-18(19)20-5/h8,10,12H,6-7,9,11,13-14H2,1-5H3. The Bertz CT molecular complexity index is 388. The Kier molecular flexibility index (Phi) is 12.2. The quantitative estimate of drug-likeness (QED) is 0.311. The van der Waals surface area contributed by atoms with Gasteiger partial charge in [0, 0.05) is 5.75 Å². The molecule has 0 aliphatic rings. The van der Waals surface area contributed by atoms with E-state index in [-0.39, 0.29) is 5.97 Å². The van der Waals surface area contributed by atoms with Crippen molar-refractivity contribution in [3.05, 3.63) is 34.9 Å². The molecular weight excluding hydrogens is 280 g/mol. The fourth-order valence-electron chi connectivity index (χ4n) is 1.74. The zero-order valence-corrected chi connectivity index (χ0v) is 15.0. The lowest BCUT2D eigenvalue weighted by Gasteiger charge is -2.02. The molecule has 0 unspecified atom stereocenters. The predicted octanol–water partition coefficient (Wildman–Crippen LogP) is 5.31. The zero-order chi connectivity index (χ0) is 16.1. The lowest BCUT2D eigenvalue weighted by molar-refractivity contribution is -0.137. The Balaban J connectivity index is 3.83. The molecule has 0 heterocycles. The number of carbonyl (C=O) groups is 1. The van der Waals surface area contributed by atoms with Crippen molar-refractivity contribution in [2.24, 2.45) is 0 Å². The Hall–Kier alpha value is -0.960. The topological polar surface area (TPSA) is 26.3 Å². The van der Waals surface area contributed by atoms with Gasteiger partial charge in [-0.25, -0.2) is 0 Å². The predicted molar refractivity (Wildman–Crippen MR) is 94.8 cm³/mol. The second-order valence-corrected chi connectivity index (χ2v) is 6.58. The third-order valence-electron chi connectivity index (χ3n) is 3.12. The molecule has 0 aliphatic heterocycles. The van der Waals surface area contributed by atoms with E-state index in [9.17, 15) is 4.79 Å². The highest BCUT2D eigenvalue weighted by Gasteiger charge is 1.98. The van der Waals surface area contributed by atoms with Gasteiger partial charge in [-0.2, -0.15) is 0 Å². The van der Waals surface area contributed by atoms with E-state index >= 15 is 0 Å². The molecule has 0 aromatic carbocycles. The van der Waals surface area contributed by atoms with Crippen molar-refractivity contribution in [1.29, 1.82) is 0 Å². The number of esters is 1. The minimum Gasteiger partial charge on any atom is -0.468 e. The first-order chi connectivity index (χ1) is 9.95. The van der Waals surface area contributed by atoms with Gasteiger partial charge in [0.1, 0.15) is 0 Å². The Morgan fingerprint density at radius 3 is 2.10 bits per heavy atom. The van der Waals surface area contributed by atoms with E-state index in [4.69, 9.17) is 0 Å². The van der Waals surface area contributed by atoms with Crippen molar-refractivity contribution in [1.82, 2.24) is 0 Å². The maximum absolute atomic E-state index is 11.0. The zero-order valence-electron chi connectivity index (χ0n) is 14.2. The fraction of sp³-hybridized carbons (Fsp3) is 0.611. The number of ether oxygens (including phenoxy) is 1. The highest BCUT2D eigenvalue weighted by atomic mass is 32.2. The fourth-order valence-corrected chi connectivity index (χ4v) is 2.55. The van der Waals surface area contributed by atoms with Gasteiger partial charge in [0.15, 0.2) is 0 Å². The minimum atomic E-state index is -0.152. The van der Waals surface area contributed by atoms with Crippen LogP contribution >= 0.6 is 11.8 Å². The number of rotatable bonds is 10. The molecule has 0 N–H and O–H groups in total. The van der Waals surface area contributed by atoms with E-state index in [2.05, 4.69) is 50.7 Å². The Morgan fingerprint density at radius 2 is 1.52 bits per heavy atom. The molecular formula is C18H30O2S. The highest BCUT2D eigenvalue weighted by Crippen LogP contribution is 2.12. The summed E-state index contributed by atoms with van der Waals surface area (Å²) >= 11 is 1.59. The monoisotopic (exact) mass is 310 g/mol. The minimum absolute atomic E-state index is 0.152. The van der Waals surface area contributed by atoms with Crippen LogP contribution in [-0.4, -0.2) is 24.6 Å². The Labute approximate surface area is 134 Å². The van der Waals surface area contributed by atoms with Crippen molar-refractivity contribution in [2.45, 2.75) is 53.4 Å². The van der Waals surface area contributed by atoms with Gasteiger partial charge in [0.2, 0.25) is 0 Å². The van der Waals surface area contributed by atoms with Gasteiger partial charge >= 0.3 is 5.97 Å². The molecule has 2 nitrogen and oxygen atoms in total. The van der Waals surface area contributed by atoms with Gasteiger partial charge in [0.05, 0.1) is 12.9 Å². The van der Waals surface area contributed by atoms with Crippen LogP contribution in [0.1, 0.15) is 53.4 Å². The normalized spacial score (nSPS) is 12.2. The van der Waals surface area contributed by atoms with Crippen LogP contribution < -0.4 is 0 Å². The summed E-state index contributed by atoms with van der Waals surface area (Å²) in [5.41, 5.74) is 4.26. The van der Waals surface area contributed by atoms with Crippen LogP contribution in [0.25, 0.3) is 0 Å². The summed E-state index contributed by atoms with van der Waals surface area (Å²) in [4.78, 5) is 11.0. The molecule has 3 heteroatoms. The van der Waals surface area contributed by atoms with E-state index < -0.39 is 0 Å². The molecule has 120 valence electrons. The molecule has 0 saturated heterocycles. The van der Waals surface area contributed by atoms with Crippen LogP contribution in [0.5, 0.6) is 0 Å². The molecule has 0 fully saturated rings. The molecule has 0 radical (unpaired) electrons. The van der Waals surface area contributed by atoms with Crippen LogP contribution in [0.15, 0.2) is 34.9 Å². The lowest BCUT2D eigenvalue weighted by Crippen LogP contribution is -2.03. The van der Waals surface area contributed by atoms with Gasteiger partial charge in [-0.05, 0) is 53.4 Å². The summed E-state index contributed by atoms with van der Waals surface area (Å²) in [6.45, 7) is 8.66. The Morgan fingerprint density at radius 1 is 0.952 bits per heavy atom. The molecule has 21 heavy (non-hydrogen) atoms. The SMILES string of the molecule is COC(=O)CSCC=C(C)CCC=C(C)CCC=C(C)C. The number of hydrogen-bond donors (Lipinski definition) is 0. The second-order valence-electron chi connectivity index (χ2n) is 5.55. The third-order valence-corrected chi connectivity index (χ3v) is 3.96. The first-order valence-corrected chi connectivity index (χ1v) is 8.70. The van der Waals surface area contributed by atoms with E-state index in [0.717, 1.165) is 31.4 Å². The van der Waals surface area contributed by atoms with E-state index in [1.54, 1.807) is 11.8 Å². The van der Waals surface area contributed by atoms with Crippen molar-refractivity contribution < 1.29 is 9.53 Å². The molecule has 0 aliphatic carbocycles. The van der Waals surface area contributed by atoms with Crippen LogP contribution in [-0.2, 0) is 9.53 Å². The summed E-state index contributed by atoms with van der Waals surface area (Å²) in [7, 11) is 1.43. The molecule has 0 bridgehead atoms. The maximum atomic E-state index is 11.0. The molecule has 0 spiro atoms. The van der Waals surface area contributed by atoms with Crippen LogP contribution in [0, 0.1) is 0 Å². The molecule has 0 aromatic rings. The summed E-state index contributed by atoms with van der Waals surface area (Å²) in [5.74, 6) is 1.16. The summed E-state index contributed by atoms with van der Waals surface area (Å²) < 4.78 is 4.60. The largest absolute Gasteiger partial charge is 0.468 e. The van der Waals surface area contributed by atoms with Crippen molar-refractivity contribution >= 4 is 17.7 Å². The van der Waals surface area contributed by atoms with Gasteiger partial charge in [-0.15, -0.1) is 11.8 Å². The summed E-state index contributed by atoms with van der Waals surface area (Å²) in [5, 5.41) is 0. The average Bonchev–Trinajstić information content (AvgIpc) is 2.42. The highest BCUT2D eigenvalue weighted by molar-refractivity contribution is 8.00. The van der Waals surface area contributed by atoms with E-state index in [1.807, 2.05) is 0 Å². The van der Waals surface area contributed by atoms with Gasteiger partial charge in [-0.3, -0.25) is 4.79 Å². The molecule has 0 saturated carbocycles. The number of hydrogen-bond acceptors (Lipinski definition) is 3. The average molecular weight is 311 g/mol. The summed E-state index contributed by atoms with van der Waals surface area (Å²) in [6.07, 6.45) is 11.3. The first-order valence-electron chi connectivity index (χ1n) is 7.55. The molecule has 0 amide bonds. The van der Waals surface area contributed by atoms with Crippen LogP contribution in [0.3, 0.4) is 0 Å². The van der Waals surface area contributed by atoms with Crippen LogP contribution in [0.2, 0.25) is 0 Å². The number of carbonyl (C=O) groups excluding carboxylic acids is 1. The van der Waals surface area contributed by atoms with E-state index in [0.29, 0.717) is 5.75 Å². The number of methoxy groups -OCH3 is 1. The first kappa shape index (κ1) is 20.0. The van der Waals surface area contributed by atoms with Crippen molar-refractivity contribution in [2.75, 3.05) is 18.6 Å². The molecule has 0 rings (SSSR count). The molecule has 0 atom stereocenters. The smallest absolute Gasteiger partial charge is 0.315 e. The number of allylic oxidation sites excluding steroid dienone is 5. The third kappa shape index (κ3) is 13.8. The van der Waals surface area contributed by atoms with Gasteiger partial charge in [-0.1, -0.05) is 34.9 Å². The maximum Gasteiger partial charge on any atom is 0.315 e. The van der Waals surface area contributed by atoms with E-state index in [1.165, 1.54) is 23.8 Å². The molecule has 0 aromatic heterocycles. The summed E-state index contributed by atoms with van der Waals surface area (Å²) in [6, 6.07) is 0. The number of thioether (sulfide) groups is 1. The van der Waals surface area contributed by atoms with Crippen LogP contribution in [0.4, 0.5) is 0 Å². The lowest BCUT2D eigenvalue weighted by atomic mass is 10.1. The van der Waals surface area contributed by atoms with Gasteiger partial charge in [0.25, 0.3) is 0 Å².